The molecule has 2 aromatic carbocycles. The van der Waals surface area contributed by atoms with Gasteiger partial charge in [-0.2, -0.15) is 13.2 Å². The van der Waals surface area contributed by atoms with Gasteiger partial charge in [-0.3, -0.25) is 0 Å². The first-order chi connectivity index (χ1) is 15.5. The lowest BCUT2D eigenvalue weighted by molar-refractivity contribution is -0.140. The molecular formula is C22H20F3N3O4. The minimum Gasteiger partial charge on any atom is -0.493 e. The SMILES string of the molecule is CO.FC(F)(F)c1c(-c2ccccc2)noc1C1N=C(c2ccc3c(c2)OCCC3)NO1. The number of aliphatic hydroxyl groups excluding tert-OH is 1. The molecule has 1 unspecified atom stereocenters. The maximum absolute atomic E-state index is 13.8. The summed E-state index contributed by atoms with van der Waals surface area (Å²) < 4.78 is 52.3. The van der Waals surface area contributed by atoms with Gasteiger partial charge in [0.2, 0.25) is 12.0 Å². The standard InChI is InChI=1S/C21H16F3N3O3.CH4O/c22-21(23,24)16-17(13-5-2-1-3-6-13)26-29-18(16)20-25-19(27-30-20)14-9-8-12-7-4-10-28-15(12)11-14;1-2/h1-3,5-6,8-9,11,20H,4,7,10H2,(H,25,27);2H,1H3. The maximum Gasteiger partial charge on any atom is 0.422 e. The molecule has 0 saturated heterocycles. The van der Waals surface area contributed by atoms with Crippen LogP contribution in [0.1, 0.15) is 35.1 Å². The van der Waals surface area contributed by atoms with Gasteiger partial charge in [-0.25, -0.2) is 15.3 Å². The predicted molar refractivity (Wildman–Crippen MR) is 109 cm³/mol. The highest BCUT2D eigenvalue weighted by Crippen LogP contribution is 2.43. The topological polar surface area (TPSA) is 89.1 Å². The molecule has 7 nitrogen and oxygen atoms in total. The van der Waals surface area contributed by atoms with Crippen LogP contribution < -0.4 is 10.2 Å². The molecule has 0 aliphatic carbocycles. The van der Waals surface area contributed by atoms with Gasteiger partial charge in [-0.1, -0.05) is 47.6 Å². The largest absolute Gasteiger partial charge is 0.493 e. The maximum atomic E-state index is 13.8. The van der Waals surface area contributed by atoms with E-state index in [0.29, 0.717) is 23.6 Å². The van der Waals surface area contributed by atoms with Crippen molar-refractivity contribution < 1.29 is 32.4 Å². The van der Waals surface area contributed by atoms with Crippen LogP contribution in [0.2, 0.25) is 0 Å². The second-order valence-electron chi connectivity index (χ2n) is 6.96. The van der Waals surface area contributed by atoms with Crippen molar-refractivity contribution in [3.8, 4) is 17.0 Å². The number of hydrogen-bond acceptors (Lipinski definition) is 7. The van der Waals surface area contributed by atoms with Crippen molar-refractivity contribution in [2.24, 2.45) is 4.99 Å². The lowest BCUT2D eigenvalue weighted by Crippen LogP contribution is -2.19. The molecule has 0 saturated carbocycles. The summed E-state index contributed by atoms with van der Waals surface area (Å²) in [5.74, 6) is 0.537. The second kappa shape index (κ2) is 9.01. The summed E-state index contributed by atoms with van der Waals surface area (Å²) in [6.07, 6.45) is -4.14. The van der Waals surface area contributed by atoms with E-state index in [-0.39, 0.29) is 5.69 Å². The van der Waals surface area contributed by atoms with Crippen molar-refractivity contribution in [3.63, 3.8) is 0 Å². The van der Waals surface area contributed by atoms with E-state index in [1.807, 2.05) is 12.1 Å². The van der Waals surface area contributed by atoms with Crippen LogP contribution in [0, 0.1) is 0 Å². The number of nitrogens with zero attached hydrogens (tertiary/aromatic N) is 2. The van der Waals surface area contributed by atoms with Gasteiger partial charge >= 0.3 is 6.18 Å². The Kier molecular flexibility index (Phi) is 6.15. The van der Waals surface area contributed by atoms with E-state index in [1.165, 1.54) is 12.1 Å². The van der Waals surface area contributed by atoms with Crippen LogP contribution in [0.15, 0.2) is 58.0 Å². The van der Waals surface area contributed by atoms with Crippen molar-refractivity contribution in [2.45, 2.75) is 25.2 Å². The van der Waals surface area contributed by atoms with Crippen LogP contribution in [-0.2, 0) is 17.4 Å². The highest BCUT2D eigenvalue weighted by Gasteiger charge is 2.44. The fourth-order valence-electron chi connectivity index (χ4n) is 3.55. The molecular weight excluding hydrogens is 427 g/mol. The third kappa shape index (κ3) is 4.19. The molecule has 32 heavy (non-hydrogen) atoms. The minimum atomic E-state index is -4.69. The summed E-state index contributed by atoms with van der Waals surface area (Å²) in [6, 6.07) is 13.6. The predicted octanol–water partition coefficient (Wildman–Crippen LogP) is 4.27. The summed E-state index contributed by atoms with van der Waals surface area (Å²) in [7, 11) is 1.00. The molecule has 0 radical (unpaired) electrons. The fraction of sp³-hybridized carbons (Fsp3) is 0.273. The Morgan fingerprint density at radius 3 is 2.59 bits per heavy atom. The Morgan fingerprint density at radius 1 is 1.06 bits per heavy atom. The number of fused-ring (bicyclic) bond motifs is 1. The third-order valence-electron chi connectivity index (χ3n) is 4.98. The van der Waals surface area contributed by atoms with E-state index >= 15 is 0 Å². The molecule has 0 fully saturated rings. The number of alkyl halides is 3. The van der Waals surface area contributed by atoms with E-state index < -0.39 is 23.7 Å². The zero-order valence-corrected chi connectivity index (χ0v) is 17.0. The average Bonchev–Trinajstić information content (AvgIpc) is 3.48. The number of hydrogen-bond donors (Lipinski definition) is 2. The molecule has 0 spiro atoms. The fourth-order valence-corrected chi connectivity index (χ4v) is 3.55. The van der Waals surface area contributed by atoms with E-state index in [1.54, 1.807) is 24.3 Å². The number of aliphatic hydroxyl groups is 1. The van der Waals surface area contributed by atoms with Crippen LogP contribution in [0.25, 0.3) is 11.3 Å². The van der Waals surface area contributed by atoms with Gasteiger partial charge in [0.25, 0.3) is 0 Å². The van der Waals surface area contributed by atoms with Crippen molar-refractivity contribution in [3.05, 3.63) is 71.0 Å². The number of aryl methyl sites for hydroxylation is 1. The number of ether oxygens (including phenoxy) is 1. The number of amidine groups is 1. The number of halogens is 3. The molecule has 1 atom stereocenters. The van der Waals surface area contributed by atoms with Gasteiger partial charge in [0.05, 0.1) is 6.61 Å². The summed E-state index contributed by atoms with van der Waals surface area (Å²) in [5.41, 5.74) is 3.32. The Morgan fingerprint density at radius 2 is 1.84 bits per heavy atom. The molecule has 1 aromatic heterocycles. The highest BCUT2D eigenvalue weighted by molar-refractivity contribution is 5.99. The van der Waals surface area contributed by atoms with Crippen LogP contribution in [0.5, 0.6) is 5.75 Å². The Hall–Kier alpha value is -3.37. The summed E-state index contributed by atoms with van der Waals surface area (Å²) >= 11 is 0. The zero-order chi connectivity index (χ0) is 22.7. The molecule has 0 bridgehead atoms. The van der Waals surface area contributed by atoms with E-state index in [2.05, 4.69) is 15.6 Å². The first kappa shape index (κ1) is 21.8. The van der Waals surface area contributed by atoms with Crippen molar-refractivity contribution in [2.75, 3.05) is 13.7 Å². The number of nitrogens with one attached hydrogen (secondary N) is 1. The van der Waals surface area contributed by atoms with E-state index in [0.717, 1.165) is 31.3 Å². The van der Waals surface area contributed by atoms with Crippen molar-refractivity contribution in [1.82, 2.24) is 10.6 Å². The van der Waals surface area contributed by atoms with Gasteiger partial charge in [-0.05, 0) is 24.5 Å². The Labute approximate surface area is 181 Å². The van der Waals surface area contributed by atoms with E-state index in [4.69, 9.17) is 19.2 Å². The minimum absolute atomic E-state index is 0.293. The Balaban J connectivity index is 0.00000119. The monoisotopic (exact) mass is 447 g/mol. The molecule has 2 aliphatic rings. The van der Waals surface area contributed by atoms with Crippen LogP contribution >= 0.6 is 0 Å². The first-order valence-corrected chi connectivity index (χ1v) is 9.83. The molecule has 0 amide bonds. The van der Waals surface area contributed by atoms with E-state index in [9.17, 15) is 13.2 Å². The summed E-state index contributed by atoms with van der Waals surface area (Å²) in [5, 5.41) is 10.7. The molecule has 2 N–H and O–H groups in total. The molecule has 3 heterocycles. The summed E-state index contributed by atoms with van der Waals surface area (Å²) in [6.45, 7) is 0.630. The molecule has 3 aromatic rings. The number of hydroxylamine groups is 1. The van der Waals surface area contributed by atoms with Gasteiger partial charge in [0, 0.05) is 18.2 Å². The Bertz CT molecular complexity index is 1110. The van der Waals surface area contributed by atoms with Crippen LogP contribution in [-0.4, -0.2) is 29.8 Å². The lowest BCUT2D eigenvalue weighted by atomic mass is 10.0. The van der Waals surface area contributed by atoms with Gasteiger partial charge in [0.15, 0.2) is 5.84 Å². The average molecular weight is 447 g/mol. The van der Waals surface area contributed by atoms with Crippen LogP contribution in [0.4, 0.5) is 13.2 Å². The lowest BCUT2D eigenvalue weighted by Gasteiger charge is -2.17. The first-order valence-electron chi connectivity index (χ1n) is 9.83. The number of aromatic nitrogens is 1. The normalized spacial score (nSPS) is 17.4. The highest BCUT2D eigenvalue weighted by atomic mass is 19.4. The smallest absolute Gasteiger partial charge is 0.422 e. The van der Waals surface area contributed by atoms with Crippen molar-refractivity contribution in [1.29, 1.82) is 0 Å². The van der Waals surface area contributed by atoms with Gasteiger partial charge < -0.3 is 14.4 Å². The van der Waals surface area contributed by atoms with Crippen LogP contribution in [0.3, 0.4) is 0 Å². The number of benzene rings is 2. The number of aliphatic imine (C=N–C) groups is 1. The van der Waals surface area contributed by atoms with Gasteiger partial charge in [0.1, 0.15) is 17.0 Å². The molecule has 5 rings (SSSR count). The zero-order valence-electron chi connectivity index (χ0n) is 17.0. The summed E-state index contributed by atoms with van der Waals surface area (Å²) in [4.78, 5) is 9.56. The molecule has 2 aliphatic heterocycles. The third-order valence-corrected chi connectivity index (χ3v) is 4.98. The quantitative estimate of drug-likeness (QED) is 0.623. The molecule has 10 heteroatoms. The van der Waals surface area contributed by atoms with Gasteiger partial charge in [-0.15, -0.1) is 0 Å². The van der Waals surface area contributed by atoms with Crippen molar-refractivity contribution >= 4 is 5.84 Å². The molecule has 168 valence electrons. The number of rotatable bonds is 3. The second-order valence-corrected chi connectivity index (χ2v) is 6.96.